The van der Waals surface area contributed by atoms with E-state index in [2.05, 4.69) is 29.5 Å². The molecule has 0 atom stereocenters. The zero-order valence-corrected chi connectivity index (χ0v) is 10.2. The van der Waals surface area contributed by atoms with Crippen molar-refractivity contribution in [3.63, 3.8) is 0 Å². The molecule has 0 saturated heterocycles. The molecular formula is C12H19N3O. The number of carbonyl (C=O) groups is 1. The molecule has 2 N–H and O–H groups in total. The summed E-state index contributed by atoms with van der Waals surface area (Å²) in [7, 11) is 0. The van der Waals surface area contributed by atoms with E-state index in [0.717, 1.165) is 11.4 Å². The molecule has 0 unspecified atom stereocenters. The van der Waals surface area contributed by atoms with Crippen LogP contribution in [-0.4, -0.2) is 17.1 Å². The lowest BCUT2D eigenvalue weighted by molar-refractivity contribution is 0.250. The van der Waals surface area contributed by atoms with Gasteiger partial charge in [0.05, 0.1) is 0 Å². The van der Waals surface area contributed by atoms with Crippen LogP contribution >= 0.6 is 0 Å². The smallest absolute Gasteiger partial charge is 0.319 e. The highest BCUT2D eigenvalue weighted by Gasteiger charge is 2.05. The Balaban J connectivity index is 2.67. The minimum Gasteiger partial charge on any atom is -0.336 e. The van der Waals surface area contributed by atoms with Crippen molar-refractivity contribution in [2.75, 3.05) is 5.32 Å². The third-order valence-corrected chi connectivity index (χ3v) is 2.05. The van der Waals surface area contributed by atoms with Crippen molar-refractivity contribution in [3.05, 3.63) is 24.0 Å². The van der Waals surface area contributed by atoms with Crippen LogP contribution in [0.2, 0.25) is 0 Å². The minimum atomic E-state index is -0.184. The predicted octanol–water partition coefficient (Wildman–Crippen LogP) is 2.73. The molecule has 0 fully saturated rings. The van der Waals surface area contributed by atoms with Gasteiger partial charge in [-0.25, -0.2) is 4.79 Å². The summed E-state index contributed by atoms with van der Waals surface area (Å²) in [6.07, 6.45) is 1.71. The van der Waals surface area contributed by atoms with Gasteiger partial charge in [-0.1, -0.05) is 13.8 Å². The lowest BCUT2D eigenvalue weighted by Crippen LogP contribution is -2.34. The van der Waals surface area contributed by atoms with Gasteiger partial charge in [0.1, 0.15) is 0 Å². The largest absolute Gasteiger partial charge is 0.336 e. The molecule has 0 aliphatic carbocycles. The summed E-state index contributed by atoms with van der Waals surface area (Å²) >= 11 is 0. The van der Waals surface area contributed by atoms with E-state index >= 15 is 0 Å². The number of pyridine rings is 1. The second kappa shape index (κ2) is 5.49. The quantitative estimate of drug-likeness (QED) is 0.824. The number of rotatable bonds is 3. The Kier molecular flexibility index (Phi) is 4.28. The van der Waals surface area contributed by atoms with Gasteiger partial charge < -0.3 is 10.6 Å². The maximum absolute atomic E-state index is 11.5. The monoisotopic (exact) mass is 221 g/mol. The standard InChI is InChI=1S/C12H19N3O/c1-8(2)11-7-10(5-6-13-11)15-12(16)14-9(3)4/h5-9H,1-4H3,(H2,13,14,15,16). The number of hydrogen-bond acceptors (Lipinski definition) is 2. The van der Waals surface area contributed by atoms with Crippen molar-refractivity contribution < 1.29 is 4.79 Å². The average Bonchev–Trinajstić information content (AvgIpc) is 2.16. The highest BCUT2D eigenvalue weighted by atomic mass is 16.2. The van der Waals surface area contributed by atoms with E-state index in [4.69, 9.17) is 0 Å². The van der Waals surface area contributed by atoms with Crippen LogP contribution in [0.4, 0.5) is 10.5 Å². The van der Waals surface area contributed by atoms with Crippen molar-refractivity contribution in [1.82, 2.24) is 10.3 Å². The Morgan fingerprint density at radius 1 is 1.31 bits per heavy atom. The normalized spacial score (nSPS) is 10.6. The van der Waals surface area contributed by atoms with Gasteiger partial charge in [0.25, 0.3) is 0 Å². The Hall–Kier alpha value is -1.58. The first-order chi connectivity index (χ1) is 7.49. The zero-order valence-electron chi connectivity index (χ0n) is 10.2. The molecule has 0 bridgehead atoms. The fourth-order valence-corrected chi connectivity index (χ4v) is 1.27. The molecule has 4 nitrogen and oxygen atoms in total. The Bertz CT molecular complexity index is 361. The fourth-order valence-electron chi connectivity index (χ4n) is 1.27. The summed E-state index contributed by atoms with van der Waals surface area (Å²) in [5, 5.41) is 5.55. The summed E-state index contributed by atoms with van der Waals surface area (Å²) in [5.41, 5.74) is 1.75. The second-order valence-electron chi connectivity index (χ2n) is 4.38. The van der Waals surface area contributed by atoms with Crippen molar-refractivity contribution >= 4 is 11.7 Å². The summed E-state index contributed by atoms with van der Waals surface area (Å²) in [6, 6.07) is 3.62. The van der Waals surface area contributed by atoms with Gasteiger partial charge in [0, 0.05) is 23.6 Å². The SMILES string of the molecule is CC(C)NC(=O)Nc1ccnc(C(C)C)c1. The zero-order chi connectivity index (χ0) is 12.1. The van der Waals surface area contributed by atoms with Gasteiger partial charge in [-0.15, -0.1) is 0 Å². The molecule has 0 radical (unpaired) electrons. The number of anilines is 1. The number of carbonyl (C=O) groups excluding carboxylic acids is 1. The Morgan fingerprint density at radius 2 is 2.00 bits per heavy atom. The average molecular weight is 221 g/mol. The highest BCUT2D eigenvalue weighted by molar-refractivity contribution is 5.89. The van der Waals surface area contributed by atoms with E-state index in [9.17, 15) is 4.79 Å². The van der Waals surface area contributed by atoms with E-state index in [1.807, 2.05) is 19.9 Å². The third kappa shape index (κ3) is 3.88. The number of amides is 2. The first-order valence-electron chi connectivity index (χ1n) is 5.52. The summed E-state index contributed by atoms with van der Waals surface area (Å²) in [6.45, 7) is 7.98. The molecular weight excluding hydrogens is 202 g/mol. The fraction of sp³-hybridized carbons (Fsp3) is 0.500. The van der Waals surface area contributed by atoms with Crippen LogP contribution in [0.3, 0.4) is 0 Å². The van der Waals surface area contributed by atoms with Crippen LogP contribution in [0.1, 0.15) is 39.3 Å². The Morgan fingerprint density at radius 3 is 2.56 bits per heavy atom. The molecule has 1 aromatic heterocycles. The molecule has 2 amide bonds. The van der Waals surface area contributed by atoms with Gasteiger partial charge in [0.2, 0.25) is 0 Å². The maximum Gasteiger partial charge on any atom is 0.319 e. The van der Waals surface area contributed by atoms with Gasteiger partial charge in [-0.3, -0.25) is 4.98 Å². The molecule has 0 aromatic carbocycles. The van der Waals surface area contributed by atoms with Gasteiger partial charge >= 0.3 is 6.03 Å². The maximum atomic E-state index is 11.5. The number of aromatic nitrogens is 1. The third-order valence-electron chi connectivity index (χ3n) is 2.05. The van der Waals surface area contributed by atoms with Crippen molar-refractivity contribution in [2.24, 2.45) is 0 Å². The van der Waals surface area contributed by atoms with Crippen molar-refractivity contribution in [3.8, 4) is 0 Å². The second-order valence-corrected chi connectivity index (χ2v) is 4.38. The van der Waals surface area contributed by atoms with Crippen LogP contribution in [0.5, 0.6) is 0 Å². The number of urea groups is 1. The van der Waals surface area contributed by atoms with Crippen LogP contribution in [0, 0.1) is 0 Å². The molecule has 16 heavy (non-hydrogen) atoms. The minimum absolute atomic E-state index is 0.131. The predicted molar refractivity (Wildman–Crippen MR) is 65.6 cm³/mol. The highest BCUT2D eigenvalue weighted by Crippen LogP contribution is 2.15. The van der Waals surface area contributed by atoms with Crippen LogP contribution < -0.4 is 10.6 Å². The molecule has 0 aliphatic heterocycles. The summed E-state index contributed by atoms with van der Waals surface area (Å²) in [5.74, 6) is 0.356. The molecule has 1 aromatic rings. The Labute approximate surface area is 96.5 Å². The molecule has 1 heterocycles. The van der Waals surface area contributed by atoms with Crippen LogP contribution in [-0.2, 0) is 0 Å². The van der Waals surface area contributed by atoms with E-state index in [-0.39, 0.29) is 12.1 Å². The summed E-state index contributed by atoms with van der Waals surface area (Å²) in [4.78, 5) is 15.7. The molecule has 0 aliphatic rings. The van der Waals surface area contributed by atoms with E-state index in [1.54, 1.807) is 12.3 Å². The molecule has 4 heteroatoms. The van der Waals surface area contributed by atoms with Gasteiger partial charge in [-0.2, -0.15) is 0 Å². The van der Waals surface area contributed by atoms with Crippen LogP contribution in [0.25, 0.3) is 0 Å². The van der Waals surface area contributed by atoms with Crippen molar-refractivity contribution in [1.29, 1.82) is 0 Å². The topological polar surface area (TPSA) is 54.0 Å². The van der Waals surface area contributed by atoms with Gasteiger partial charge in [-0.05, 0) is 31.9 Å². The first kappa shape index (κ1) is 12.5. The van der Waals surface area contributed by atoms with E-state index in [0.29, 0.717) is 5.92 Å². The lowest BCUT2D eigenvalue weighted by atomic mass is 10.1. The number of nitrogens with zero attached hydrogens (tertiary/aromatic N) is 1. The molecule has 88 valence electrons. The number of hydrogen-bond donors (Lipinski definition) is 2. The van der Waals surface area contributed by atoms with Gasteiger partial charge in [0.15, 0.2) is 0 Å². The van der Waals surface area contributed by atoms with E-state index < -0.39 is 0 Å². The van der Waals surface area contributed by atoms with Crippen LogP contribution in [0.15, 0.2) is 18.3 Å². The molecule has 0 saturated carbocycles. The van der Waals surface area contributed by atoms with Crippen molar-refractivity contribution in [2.45, 2.75) is 39.7 Å². The number of nitrogens with one attached hydrogen (secondary N) is 2. The lowest BCUT2D eigenvalue weighted by Gasteiger charge is -2.11. The first-order valence-corrected chi connectivity index (χ1v) is 5.52. The summed E-state index contributed by atoms with van der Waals surface area (Å²) < 4.78 is 0. The van der Waals surface area contributed by atoms with E-state index in [1.165, 1.54) is 0 Å². The molecule has 1 rings (SSSR count). The molecule has 0 spiro atoms.